The number of fused-ring (bicyclic) bond motifs is 1. The molecular weight excluding hydrogens is 387 g/mol. The van der Waals surface area contributed by atoms with Crippen LogP contribution in [-0.2, 0) is 9.53 Å². The molecule has 1 aliphatic heterocycles. The van der Waals surface area contributed by atoms with E-state index in [4.69, 9.17) is 10.5 Å². The number of amides is 1. The van der Waals surface area contributed by atoms with Crippen molar-refractivity contribution >= 4 is 36.4 Å². The van der Waals surface area contributed by atoms with Crippen molar-refractivity contribution in [3.63, 3.8) is 0 Å². The van der Waals surface area contributed by atoms with Crippen LogP contribution in [0.2, 0.25) is 0 Å². The van der Waals surface area contributed by atoms with Crippen molar-refractivity contribution in [1.29, 1.82) is 0 Å². The molecule has 6 nitrogen and oxygen atoms in total. The molecule has 3 atom stereocenters. The molecule has 3 unspecified atom stereocenters. The second kappa shape index (κ2) is 7.80. The summed E-state index contributed by atoms with van der Waals surface area (Å²) >= 11 is 0. The predicted octanol–water partition coefficient (Wildman–Crippen LogP) is 3.19. The quantitative estimate of drug-likeness (QED) is 0.810. The summed E-state index contributed by atoms with van der Waals surface area (Å²) in [6.07, 6.45) is 7.27. The number of carbonyl (C=O) groups is 1. The average molecular weight is 413 g/mol. The summed E-state index contributed by atoms with van der Waals surface area (Å²) in [6, 6.07) is 7.67. The number of hydrogen-bond acceptors (Lipinski definition) is 4. The highest BCUT2D eigenvalue weighted by molar-refractivity contribution is 6.00. The number of nitrogens with two attached hydrogens (primary N) is 1. The fourth-order valence-corrected chi connectivity index (χ4v) is 4.43. The SMILES string of the molecule is CC1(C)C2OCCCC2C1(N)C(=O)Nc1cccc(-n2ccnc2)c1.Cl.Cl. The molecule has 0 spiro atoms. The Hall–Kier alpha value is -1.60. The van der Waals surface area contributed by atoms with Crippen molar-refractivity contribution in [1.82, 2.24) is 9.55 Å². The van der Waals surface area contributed by atoms with Crippen molar-refractivity contribution in [2.45, 2.75) is 38.3 Å². The molecule has 0 radical (unpaired) electrons. The van der Waals surface area contributed by atoms with Gasteiger partial charge in [-0.3, -0.25) is 4.79 Å². The number of nitrogens with zero attached hydrogens (tertiary/aromatic N) is 2. The smallest absolute Gasteiger partial charge is 0.245 e. The van der Waals surface area contributed by atoms with Crippen molar-refractivity contribution in [2.24, 2.45) is 17.1 Å². The van der Waals surface area contributed by atoms with Gasteiger partial charge < -0.3 is 20.4 Å². The third-order valence-corrected chi connectivity index (χ3v) is 5.97. The second-order valence-electron chi connectivity index (χ2n) is 7.61. The number of anilines is 1. The number of aromatic nitrogens is 2. The molecule has 148 valence electrons. The Bertz CT molecular complexity index is 797. The van der Waals surface area contributed by atoms with E-state index in [1.54, 1.807) is 12.5 Å². The number of carbonyl (C=O) groups excluding carboxylic acids is 1. The van der Waals surface area contributed by atoms with Crippen LogP contribution in [0, 0.1) is 11.3 Å². The molecule has 2 aromatic rings. The highest BCUT2D eigenvalue weighted by Crippen LogP contribution is 2.57. The topological polar surface area (TPSA) is 82.2 Å². The van der Waals surface area contributed by atoms with E-state index in [9.17, 15) is 4.79 Å². The number of imidazole rings is 1. The average Bonchev–Trinajstić information content (AvgIpc) is 3.16. The van der Waals surface area contributed by atoms with Crippen molar-refractivity contribution in [3.8, 4) is 5.69 Å². The Morgan fingerprint density at radius 1 is 1.37 bits per heavy atom. The number of rotatable bonds is 3. The fraction of sp³-hybridized carbons (Fsp3) is 0.474. The van der Waals surface area contributed by atoms with Crippen molar-refractivity contribution in [2.75, 3.05) is 11.9 Å². The lowest BCUT2D eigenvalue weighted by atomic mass is 9.46. The maximum Gasteiger partial charge on any atom is 0.245 e. The zero-order chi connectivity index (χ0) is 17.7. The Morgan fingerprint density at radius 2 is 2.15 bits per heavy atom. The van der Waals surface area contributed by atoms with Crippen LogP contribution in [-0.4, -0.2) is 33.7 Å². The van der Waals surface area contributed by atoms with Gasteiger partial charge in [-0.05, 0) is 31.0 Å². The molecule has 4 rings (SSSR count). The molecule has 2 fully saturated rings. The molecule has 27 heavy (non-hydrogen) atoms. The van der Waals surface area contributed by atoms with Crippen LogP contribution in [0.25, 0.3) is 5.69 Å². The monoisotopic (exact) mass is 412 g/mol. The van der Waals surface area contributed by atoms with Crippen LogP contribution in [0.3, 0.4) is 0 Å². The molecule has 2 aliphatic rings. The van der Waals surface area contributed by atoms with Gasteiger partial charge in [0, 0.05) is 41.7 Å². The number of ether oxygens (including phenoxy) is 1. The van der Waals surface area contributed by atoms with Gasteiger partial charge in [-0.25, -0.2) is 4.98 Å². The molecule has 1 aliphatic carbocycles. The number of benzene rings is 1. The van der Waals surface area contributed by atoms with Gasteiger partial charge in [0.15, 0.2) is 0 Å². The van der Waals surface area contributed by atoms with Gasteiger partial charge in [0.25, 0.3) is 0 Å². The summed E-state index contributed by atoms with van der Waals surface area (Å²) in [7, 11) is 0. The normalized spacial score (nSPS) is 28.0. The van der Waals surface area contributed by atoms with Gasteiger partial charge in [0.1, 0.15) is 5.54 Å². The first kappa shape index (κ1) is 21.7. The van der Waals surface area contributed by atoms with E-state index in [-0.39, 0.29) is 48.2 Å². The van der Waals surface area contributed by atoms with Gasteiger partial charge in [0.2, 0.25) is 5.91 Å². The molecule has 1 saturated heterocycles. The molecule has 1 aromatic heterocycles. The Morgan fingerprint density at radius 3 is 2.85 bits per heavy atom. The van der Waals surface area contributed by atoms with Crippen molar-refractivity contribution < 1.29 is 9.53 Å². The first-order chi connectivity index (χ1) is 11.9. The van der Waals surface area contributed by atoms with E-state index in [0.717, 1.165) is 30.8 Å². The summed E-state index contributed by atoms with van der Waals surface area (Å²) < 4.78 is 7.78. The molecule has 3 N–H and O–H groups in total. The van der Waals surface area contributed by atoms with Gasteiger partial charge in [-0.1, -0.05) is 19.9 Å². The van der Waals surface area contributed by atoms with E-state index in [1.165, 1.54) is 0 Å². The van der Waals surface area contributed by atoms with Crippen LogP contribution in [0.4, 0.5) is 5.69 Å². The fourth-order valence-electron chi connectivity index (χ4n) is 4.43. The van der Waals surface area contributed by atoms with Crippen LogP contribution < -0.4 is 11.1 Å². The zero-order valence-electron chi connectivity index (χ0n) is 15.4. The maximum atomic E-state index is 13.1. The lowest BCUT2D eigenvalue weighted by Gasteiger charge is -2.65. The van der Waals surface area contributed by atoms with Crippen LogP contribution >= 0.6 is 24.8 Å². The molecule has 1 aromatic carbocycles. The maximum absolute atomic E-state index is 13.1. The van der Waals surface area contributed by atoms with Gasteiger partial charge in [0.05, 0.1) is 12.4 Å². The summed E-state index contributed by atoms with van der Waals surface area (Å²) in [4.78, 5) is 17.1. The third-order valence-electron chi connectivity index (χ3n) is 5.97. The first-order valence-corrected chi connectivity index (χ1v) is 8.75. The minimum absolute atomic E-state index is 0. The molecule has 1 saturated carbocycles. The summed E-state index contributed by atoms with van der Waals surface area (Å²) in [5, 5.41) is 3.02. The van der Waals surface area contributed by atoms with Crippen molar-refractivity contribution in [3.05, 3.63) is 43.0 Å². The standard InChI is InChI=1S/C19H24N4O2.2ClH/c1-18(2)16-15(7-4-10-25-16)19(18,20)17(24)22-13-5-3-6-14(11-13)23-9-8-21-12-23;;/h3,5-6,8-9,11-12,15-16H,4,7,10,20H2,1-2H3,(H,22,24);2*1H. The van der Waals surface area contributed by atoms with Crippen LogP contribution in [0.5, 0.6) is 0 Å². The number of halogens is 2. The van der Waals surface area contributed by atoms with E-state index in [1.807, 2.05) is 48.9 Å². The second-order valence-corrected chi connectivity index (χ2v) is 7.61. The first-order valence-electron chi connectivity index (χ1n) is 8.75. The third kappa shape index (κ3) is 3.25. The number of nitrogens with one attached hydrogen (secondary N) is 1. The summed E-state index contributed by atoms with van der Waals surface area (Å²) in [5.74, 6) is -0.0555. The van der Waals surface area contributed by atoms with Gasteiger partial charge in [-0.2, -0.15) is 0 Å². The Kier molecular flexibility index (Phi) is 6.26. The molecule has 8 heteroatoms. The molecular formula is C19H26Cl2N4O2. The predicted molar refractivity (Wildman–Crippen MR) is 110 cm³/mol. The lowest BCUT2D eigenvalue weighted by molar-refractivity contribution is -0.222. The molecule has 1 amide bonds. The highest BCUT2D eigenvalue weighted by Gasteiger charge is 2.70. The van der Waals surface area contributed by atoms with Gasteiger partial charge in [-0.15, -0.1) is 24.8 Å². The van der Waals surface area contributed by atoms with E-state index < -0.39 is 5.54 Å². The van der Waals surface area contributed by atoms with Crippen LogP contribution in [0.15, 0.2) is 43.0 Å². The summed E-state index contributed by atoms with van der Waals surface area (Å²) in [6.45, 7) is 4.82. The minimum Gasteiger partial charge on any atom is -0.377 e. The summed E-state index contributed by atoms with van der Waals surface area (Å²) in [5.41, 5.74) is 7.03. The lowest BCUT2D eigenvalue weighted by Crippen LogP contribution is -2.81. The number of hydrogen-bond donors (Lipinski definition) is 2. The Balaban J connectivity index is 0.00000131. The van der Waals surface area contributed by atoms with E-state index in [0.29, 0.717) is 0 Å². The largest absolute Gasteiger partial charge is 0.377 e. The van der Waals surface area contributed by atoms with E-state index in [2.05, 4.69) is 10.3 Å². The molecule has 0 bridgehead atoms. The minimum atomic E-state index is -0.914. The van der Waals surface area contributed by atoms with Crippen LogP contribution in [0.1, 0.15) is 26.7 Å². The zero-order valence-corrected chi connectivity index (χ0v) is 17.1. The van der Waals surface area contributed by atoms with E-state index >= 15 is 0 Å². The highest BCUT2D eigenvalue weighted by atomic mass is 35.5. The Labute approximate surface area is 171 Å². The van der Waals surface area contributed by atoms with Gasteiger partial charge >= 0.3 is 0 Å². The molecule has 2 heterocycles.